The molecule has 92 valence electrons. The minimum absolute atomic E-state index is 0.342. The number of aryl methyl sites for hydroxylation is 1. The summed E-state index contributed by atoms with van der Waals surface area (Å²) in [5.41, 5.74) is 1.11. The Labute approximate surface area is 109 Å². The minimum atomic E-state index is -0.897. The number of hydrogen-bond acceptors (Lipinski definition) is 4. The van der Waals surface area contributed by atoms with E-state index in [4.69, 9.17) is 5.11 Å². The molecular formula is C13H12N2O2S. The SMILES string of the molecule is Cc1ccc(SCc2ncccn2)cc1C(=O)O. The third-order valence-corrected chi connectivity index (χ3v) is 3.42. The summed E-state index contributed by atoms with van der Waals surface area (Å²) >= 11 is 1.53. The molecule has 5 heteroatoms. The largest absolute Gasteiger partial charge is 0.478 e. The van der Waals surface area contributed by atoms with E-state index in [0.29, 0.717) is 11.3 Å². The molecule has 0 atom stereocenters. The van der Waals surface area contributed by atoms with Gasteiger partial charge < -0.3 is 5.11 Å². The number of benzene rings is 1. The van der Waals surface area contributed by atoms with Gasteiger partial charge in [0, 0.05) is 17.3 Å². The molecule has 1 heterocycles. The summed E-state index contributed by atoms with van der Waals surface area (Å²) in [6, 6.07) is 7.18. The first-order valence-electron chi connectivity index (χ1n) is 5.39. The molecule has 1 N–H and O–H groups in total. The van der Waals surface area contributed by atoms with Gasteiger partial charge in [-0.05, 0) is 30.7 Å². The molecule has 2 aromatic rings. The van der Waals surface area contributed by atoms with Gasteiger partial charge in [0.15, 0.2) is 0 Å². The summed E-state index contributed by atoms with van der Waals surface area (Å²) in [5.74, 6) is 0.467. The van der Waals surface area contributed by atoms with Crippen LogP contribution in [0.4, 0.5) is 0 Å². The van der Waals surface area contributed by atoms with E-state index in [0.717, 1.165) is 16.3 Å². The van der Waals surface area contributed by atoms with Crippen LogP contribution in [0.3, 0.4) is 0 Å². The van der Waals surface area contributed by atoms with Crippen molar-refractivity contribution in [2.24, 2.45) is 0 Å². The first kappa shape index (κ1) is 12.6. The third-order valence-electron chi connectivity index (χ3n) is 2.43. The van der Waals surface area contributed by atoms with Crippen molar-refractivity contribution in [2.75, 3.05) is 0 Å². The smallest absolute Gasteiger partial charge is 0.335 e. The molecular weight excluding hydrogens is 248 g/mol. The normalized spacial score (nSPS) is 10.3. The second-order valence-electron chi connectivity index (χ2n) is 3.74. The molecule has 0 unspecified atom stereocenters. The molecule has 0 aliphatic rings. The molecule has 0 aliphatic carbocycles. The van der Waals surface area contributed by atoms with E-state index in [1.165, 1.54) is 11.8 Å². The molecule has 0 bridgehead atoms. The minimum Gasteiger partial charge on any atom is -0.478 e. The van der Waals surface area contributed by atoms with Crippen molar-refractivity contribution < 1.29 is 9.90 Å². The van der Waals surface area contributed by atoms with Crippen LogP contribution in [-0.2, 0) is 5.75 Å². The van der Waals surface area contributed by atoms with Crippen molar-refractivity contribution in [3.05, 3.63) is 53.6 Å². The fraction of sp³-hybridized carbons (Fsp3) is 0.154. The maximum atomic E-state index is 11.0. The number of aromatic carboxylic acids is 1. The number of nitrogens with zero attached hydrogens (tertiary/aromatic N) is 2. The van der Waals surface area contributed by atoms with Crippen molar-refractivity contribution in [3.63, 3.8) is 0 Å². The van der Waals surface area contributed by atoms with E-state index in [1.54, 1.807) is 31.5 Å². The van der Waals surface area contributed by atoms with Gasteiger partial charge >= 0.3 is 5.97 Å². The Morgan fingerprint density at radius 3 is 2.72 bits per heavy atom. The topological polar surface area (TPSA) is 63.1 Å². The fourth-order valence-electron chi connectivity index (χ4n) is 1.47. The molecule has 0 saturated carbocycles. The lowest BCUT2D eigenvalue weighted by atomic mass is 10.1. The monoisotopic (exact) mass is 260 g/mol. The van der Waals surface area contributed by atoms with Crippen molar-refractivity contribution in [3.8, 4) is 0 Å². The lowest BCUT2D eigenvalue weighted by Gasteiger charge is -2.04. The summed E-state index contributed by atoms with van der Waals surface area (Å²) in [6.07, 6.45) is 3.39. The molecule has 0 fully saturated rings. The van der Waals surface area contributed by atoms with E-state index < -0.39 is 5.97 Å². The van der Waals surface area contributed by atoms with Crippen LogP contribution in [0, 0.1) is 6.92 Å². The zero-order chi connectivity index (χ0) is 13.0. The van der Waals surface area contributed by atoms with Gasteiger partial charge in [-0.15, -0.1) is 11.8 Å². The van der Waals surface area contributed by atoms with Crippen LogP contribution in [-0.4, -0.2) is 21.0 Å². The number of aromatic nitrogens is 2. The number of thioether (sulfide) groups is 1. The van der Waals surface area contributed by atoms with E-state index in [1.807, 2.05) is 12.1 Å². The molecule has 4 nitrogen and oxygen atoms in total. The summed E-state index contributed by atoms with van der Waals surface area (Å²) in [4.78, 5) is 20.2. The zero-order valence-corrected chi connectivity index (χ0v) is 10.6. The maximum Gasteiger partial charge on any atom is 0.335 e. The second kappa shape index (κ2) is 5.64. The van der Waals surface area contributed by atoms with Crippen LogP contribution in [0.25, 0.3) is 0 Å². The number of hydrogen-bond donors (Lipinski definition) is 1. The van der Waals surface area contributed by atoms with E-state index >= 15 is 0 Å². The molecule has 0 aliphatic heterocycles. The average molecular weight is 260 g/mol. The molecule has 1 aromatic carbocycles. The highest BCUT2D eigenvalue weighted by Gasteiger charge is 2.08. The van der Waals surface area contributed by atoms with Gasteiger partial charge in [-0.2, -0.15) is 0 Å². The van der Waals surface area contributed by atoms with E-state index in [2.05, 4.69) is 9.97 Å². The Morgan fingerprint density at radius 2 is 2.06 bits per heavy atom. The van der Waals surface area contributed by atoms with Crippen LogP contribution in [0.2, 0.25) is 0 Å². The summed E-state index contributed by atoms with van der Waals surface area (Å²) < 4.78 is 0. The Balaban J connectivity index is 2.11. The predicted octanol–water partition coefficient (Wildman–Crippen LogP) is 2.78. The molecule has 0 saturated heterocycles. The third kappa shape index (κ3) is 3.07. The summed E-state index contributed by atoms with van der Waals surface area (Å²) in [7, 11) is 0. The maximum absolute atomic E-state index is 11.0. The Kier molecular flexibility index (Phi) is 3.94. The number of carboxylic acids is 1. The van der Waals surface area contributed by atoms with Gasteiger partial charge in [0.1, 0.15) is 5.82 Å². The highest BCUT2D eigenvalue weighted by atomic mass is 32.2. The van der Waals surface area contributed by atoms with Crippen molar-refractivity contribution >= 4 is 17.7 Å². The van der Waals surface area contributed by atoms with Gasteiger partial charge in [0.25, 0.3) is 0 Å². The molecule has 0 spiro atoms. The van der Waals surface area contributed by atoms with Crippen LogP contribution in [0.5, 0.6) is 0 Å². The first-order valence-corrected chi connectivity index (χ1v) is 6.38. The van der Waals surface area contributed by atoms with Gasteiger partial charge in [0.2, 0.25) is 0 Å². The van der Waals surface area contributed by atoms with E-state index in [9.17, 15) is 4.79 Å². The molecule has 2 rings (SSSR count). The Hall–Kier alpha value is -1.88. The molecule has 0 amide bonds. The fourth-order valence-corrected chi connectivity index (χ4v) is 2.28. The van der Waals surface area contributed by atoms with Crippen LogP contribution in [0.1, 0.15) is 21.7 Å². The first-order chi connectivity index (χ1) is 8.66. The quantitative estimate of drug-likeness (QED) is 0.856. The predicted molar refractivity (Wildman–Crippen MR) is 69.7 cm³/mol. The second-order valence-corrected chi connectivity index (χ2v) is 4.78. The summed E-state index contributed by atoms with van der Waals surface area (Å²) in [6.45, 7) is 1.79. The molecule has 18 heavy (non-hydrogen) atoms. The standard InChI is InChI=1S/C13H12N2O2S/c1-9-3-4-10(7-11(9)13(16)17)18-8-12-14-5-2-6-15-12/h2-7H,8H2,1H3,(H,16,17). The van der Waals surface area contributed by atoms with E-state index in [-0.39, 0.29) is 0 Å². The highest BCUT2D eigenvalue weighted by Crippen LogP contribution is 2.23. The van der Waals surface area contributed by atoms with Crippen LogP contribution in [0.15, 0.2) is 41.6 Å². The summed E-state index contributed by atoms with van der Waals surface area (Å²) in [5, 5.41) is 9.04. The number of rotatable bonds is 4. The van der Waals surface area contributed by atoms with Crippen molar-refractivity contribution in [2.45, 2.75) is 17.6 Å². The van der Waals surface area contributed by atoms with Gasteiger partial charge in [-0.25, -0.2) is 14.8 Å². The van der Waals surface area contributed by atoms with Gasteiger partial charge in [0.05, 0.1) is 11.3 Å². The number of carboxylic acid groups (broad SMARTS) is 1. The Morgan fingerprint density at radius 1 is 1.33 bits per heavy atom. The zero-order valence-electron chi connectivity index (χ0n) is 9.83. The van der Waals surface area contributed by atoms with Crippen LogP contribution < -0.4 is 0 Å². The molecule has 0 radical (unpaired) electrons. The average Bonchev–Trinajstić information content (AvgIpc) is 2.38. The van der Waals surface area contributed by atoms with Crippen molar-refractivity contribution in [1.29, 1.82) is 0 Å². The number of carbonyl (C=O) groups is 1. The van der Waals surface area contributed by atoms with Gasteiger partial charge in [-0.3, -0.25) is 0 Å². The highest BCUT2D eigenvalue weighted by molar-refractivity contribution is 7.98. The lowest BCUT2D eigenvalue weighted by molar-refractivity contribution is 0.0696. The van der Waals surface area contributed by atoms with Crippen LogP contribution >= 0.6 is 11.8 Å². The lowest BCUT2D eigenvalue weighted by Crippen LogP contribution is -1.99. The van der Waals surface area contributed by atoms with Gasteiger partial charge in [-0.1, -0.05) is 6.07 Å². The molecule has 1 aromatic heterocycles. The Bertz CT molecular complexity index is 558. The van der Waals surface area contributed by atoms with Crippen molar-refractivity contribution in [1.82, 2.24) is 9.97 Å².